The van der Waals surface area contributed by atoms with Crippen molar-refractivity contribution in [3.05, 3.63) is 65.2 Å². The van der Waals surface area contributed by atoms with Gasteiger partial charge >= 0.3 is 0 Å². The van der Waals surface area contributed by atoms with E-state index >= 15 is 0 Å². The monoisotopic (exact) mass is 469 g/mol. The van der Waals surface area contributed by atoms with E-state index in [1.807, 2.05) is 29.2 Å². The van der Waals surface area contributed by atoms with Crippen LogP contribution < -0.4 is 5.32 Å². The fourth-order valence-corrected chi connectivity index (χ4v) is 5.92. The summed E-state index contributed by atoms with van der Waals surface area (Å²) in [6.07, 6.45) is 5.12. The molecule has 2 aliphatic heterocycles. The molecular weight excluding hydrogens is 438 g/mol. The maximum Gasteiger partial charge on any atom is 0.253 e. The van der Waals surface area contributed by atoms with Crippen LogP contribution in [-0.2, 0) is 27.8 Å². The molecule has 0 aliphatic carbocycles. The third kappa shape index (κ3) is 5.81. The van der Waals surface area contributed by atoms with Crippen LogP contribution >= 0.6 is 0 Å². The predicted molar refractivity (Wildman–Crippen MR) is 126 cm³/mol. The van der Waals surface area contributed by atoms with Crippen LogP contribution in [0.4, 0.5) is 0 Å². The van der Waals surface area contributed by atoms with Gasteiger partial charge in [0, 0.05) is 38.3 Å². The standard InChI is InChI=1S/C25H31N3O4S/c29-24(26-19-21-7-6-8-22(17-21)25(30)27-13-4-5-14-27)18-20-9-11-23(12-10-20)33(31,32)28-15-2-1-3-16-28/h6-12,17H,1-5,13-16,18-19H2,(H,26,29). The zero-order valence-corrected chi connectivity index (χ0v) is 19.6. The molecule has 1 N–H and O–H groups in total. The Kier molecular flexibility index (Phi) is 7.45. The number of hydrogen-bond donors (Lipinski definition) is 1. The quantitative estimate of drug-likeness (QED) is 0.676. The molecule has 33 heavy (non-hydrogen) atoms. The molecule has 0 atom stereocenters. The van der Waals surface area contributed by atoms with Gasteiger partial charge in [0.05, 0.1) is 11.3 Å². The molecule has 2 saturated heterocycles. The van der Waals surface area contributed by atoms with E-state index in [0.717, 1.165) is 56.3 Å². The first-order valence-corrected chi connectivity index (χ1v) is 13.1. The van der Waals surface area contributed by atoms with E-state index in [1.54, 1.807) is 28.6 Å². The van der Waals surface area contributed by atoms with E-state index in [4.69, 9.17) is 0 Å². The third-order valence-corrected chi connectivity index (χ3v) is 8.21. The van der Waals surface area contributed by atoms with Gasteiger partial charge in [-0.15, -0.1) is 0 Å². The van der Waals surface area contributed by atoms with Gasteiger partial charge in [0.25, 0.3) is 5.91 Å². The van der Waals surface area contributed by atoms with Crippen LogP contribution in [0.1, 0.15) is 53.6 Å². The second kappa shape index (κ2) is 10.5. The highest BCUT2D eigenvalue weighted by Crippen LogP contribution is 2.21. The van der Waals surface area contributed by atoms with E-state index < -0.39 is 10.0 Å². The minimum Gasteiger partial charge on any atom is -0.352 e. The zero-order chi connectivity index (χ0) is 23.3. The second-order valence-corrected chi connectivity index (χ2v) is 10.7. The largest absolute Gasteiger partial charge is 0.352 e. The van der Waals surface area contributed by atoms with Gasteiger partial charge in [-0.3, -0.25) is 9.59 Å². The lowest BCUT2D eigenvalue weighted by Crippen LogP contribution is -2.35. The average Bonchev–Trinajstić information content (AvgIpc) is 3.38. The Labute approximate surface area is 195 Å². The number of piperidine rings is 1. The summed E-state index contributed by atoms with van der Waals surface area (Å²) >= 11 is 0. The fraction of sp³-hybridized carbons (Fsp3) is 0.440. The third-order valence-electron chi connectivity index (χ3n) is 6.30. The van der Waals surface area contributed by atoms with E-state index in [-0.39, 0.29) is 23.1 Å². The minimum atomic E-state index is -3.47. The molecule has 2 aliphatic rings. The van der Waals surface area contributed by atoms with Gasteiger partial charge in [0.15, 0.2) is 0 Å². The topological polar surface area (TPSA) is 86.8 Å². The number of carbonyl (C=O) groups is 2. The van der Waals surface area contributed by atoms with Gasteiger partial charge in [-0.1, -0.05) is 30.7 Å². The van der Waals surface area contributed by atoms with Crippen LogP contribution in [0.2, 0.25) is 0 Å². The Hall–Kier alpha value is -2.71. The number of benzene rings is 2. The molecule has 4 rings (SSSR count). The Morgan fingerprint density at radius 2 is 1.48 bits per heavy atom. The van der Waals surface area contributed by atoms with Crippen molar-refractivity contribution in [2.24, 2.45) is 0 Å². The van der Waals surface area contributed by atoms with Gasteiger partial charge in [-0.05, 0) is 61.1 Å². The van der Waals surface area contributed by atoms with Crippen LogP contribution in [0.25, 0.3) is 0 Å². The predicted octanol–water partition coefficient (Wildman–Crippen LogP) is 2.96. The Morgan fingerprint density at radius 3 is 2.18 bits per heavy atom. The van der Waals surface area contributed by atoms with Crippen LogP contribution in [0, 0.1) is 0 Å². The molecule has 0 spiro atoms. The van der Waals surface area contributed by atoms with Crippen molar-refractivity contribution in [3.8, 4) is 0 Å². The number of sulfonamides is 1. The summed E-state index contributed by atoms with van der Waals surface area (Å²) in [7, 11) is -3.47. The smallest absolute Gasteiger partial charge is 0.253 e. The maximum absolute atomic E-state index is 12.8. The first-order valence-electron chi connectivity index (χ1n) is 11.7. The molecular formula is C25H31N3O4S. The van der Waals surface area contributed by atoms with Gasteiger partial charge in [-0.25, -0.2) is 8.42 Å². The van der Waals surface area contributed by atoms with Crippen molar-refractivity contribution in [2.75, 3.05) is 26.2 Å². The highest BCUT2D eigenvalue weighted by molar-refractivity contribution is 7.89. The van der Waals surface area contributed by atoms with Crippen molar-refractivity contribution in [2.45, 2.75) is 50.0 Å². The Morgan fingerprint density at radius 1 is 0.818 bits per heavy atom. The number of nitrogens with one attached hydrogen (secondary N) is 1. The summed E-state index contributed by atoms with van der Waals surface area (Å²) in [4.78, 5) is 27.1. The molecule has 2 aromatic rings. The molecule has 176 valence electrons. The number of nitrogens with zero attached hydrogens (tertiary/aromatic N) is 2. The summed E-state index contributed by atoms with van der Waals surface area (Å²) in [6.45, 7) is 3.08. The highest BCUT2D eigenvalue weighted by atomic mass is 32.2. The zero-order valence-electron chi connectivity index (χ0n) is 18.8. The van der Waals surface area contributed by atoms with Crippen LogP contribution in [0.5, 0.6) is 0 Å². The average molecular weight is 470 g/mol. The first kappa shape index (κ1) is 23.4. The Balaban J connectivity index is 1.31. The molecule has 0 bridgehead atoms. The molecule has 2 amide bonds. The van der Waals surface area contributed by atoms with Crippen molar-refractivity contribution in [1.29, 1.82) is 0 Å². The molecule has 2 aromatic carbocycles. The number of amides is 2. The SMILES string of the molecule is O=C(Cc1ccc(S(=O)(=O)N2CCCCC2)cc1)NCc1cccc(C(=O)N2CCCC2)c1. The molecule has 2 fully saturated rings. The molecule has 2 heterocycles. The molecule has 0 unspecified atom stereocenters. The van der Waals surface area contributed by atoms with Crippen molar-refractivity contribution >= 4 is 21.8 Å². The van der Waals surface area contributed by atoms with Crippen molar-refractivity contribution in [3.63, 3.8) is 0 Å². The lowest BCUT2D eigenvalue weighted by atomic mass is 10.1. The number of hydrogen-bond acceptors (Lipinski definition) is 4. The van der Waals surface area contributed by atoms with E-state index in [2.05, 4.69) is 5.32 Å². The van der Waals surface area contributed by atoms with Gasteiger partial charge in [-0.2, -0.15) is 4.31 Å². The summed E-state index contributed by atoms with van der Waals surface area (Å²) in [5.41, 5.74) is 2.27. The van der Waals surface area contributed by atoms with E-state index in [9.17, 15) is 18.0 Å². The lowest BCUT2D eigenvalue weighted by molar-refractivity contribution is -0.120. The van der Waals surface area contributed by atoms with Crippen molar-refractivity contribution in [1.82, 2.24) is 14.5 Å². The second-order valence-electron chi connectivity index (χ2n) is 8.76. The summed E-state index contributed by atoms with van der Waals surface area (Å²) < 4.78 is 27.1. The van der Waals surface area contributed by atoms with Crippen LogP contribution in [0.15, 0.2) is 53.4 Å². The summed E-state index contributed by atoms with van der Waals surface area (Å²) in [5.74, 6) is -0.113. The molecule has 7 nitrogen and oxygen atoms in total. The fourth-order valence-electron chi connectivity index (χ4n) is 4.40. The lowest BCUT2D eigenvalue weighted by Gasteiger charge is -2.25. The van der Waals surface area contributed by atoms with Gasteiger partial charge in [0.1, 0.15) is 0 Å². The van der Waals surface area contributed by atoms with E-state index in [1.165, 1.54) is 0 Å². The highest BCUT2D eigenvalue weighted by Gasteiger charge is 2.25. The van der Waals surface area contributed by atoms with Crippen LogP contribution in [0.3, 0.4) is 0 Å². The molecule has 0 aromatic heterocycles. The molecule has 8 heteroatoms. The van der Waals surface area contributed by atoms with Crippen molar-refractivity contribution < 1.29 is 18.0 Å². The number of likely N-dealkylation sites (tertiary alicyclic amines) is 1. The Bertz CT molecular complexity index is 1090. The summed E-state index contributed by atoms with van der Waals surface area (Å²) in [6, 6.07) is 13.9. The van der Waals surface area contributed by atoms with Gasteiger partial charge < -0.3 is 10.2 Å². The van der Waals surface area contributed by atoms with Gasteiger partial charge in [0.2, 0.25) is 15.9 Å². The molecule has 0 saturated carbocycles. The summed E-state index contributed by atoms with van der Waals surface area (Å²) in [5, 5.41) is 2.89. The van der Waals surface area contributed by atoms with Crippen LogP contribution in [-0.4, -0.2) is 55.6 Å². The normalized spacial score (nSPS) is 17.2. The number of carbonyl (C=O) groups excluding carboxylic acids is 2. The molecule has 0 radical (unpaired) electrons. The first-order chi connectivity index (χ1) is 15.9. The maximum atomic E-state index is 12.8. The minimum absolute atomic E-state index is 0.0419. The van der Waals surface area contributed by atoms with E-state index in [0.29, 0.717) is 25.2 Å². The number of rotatable bonds is 7.